The van der Waals surface area contributed by atoms with Gasteiger partial charge >= 0.3 is 0 Å². The first-order chi connectivity index (χ1) is 31.6. The maximum atomic E-state index is 6.39. The number of thiophene rings is 1. The van der Waals surface area contributed by atoms with Crippen LogP contribution in [0, 0.1) is 0 Å². The maximum Gasteiger partial charge on any atom is 0.109 e. The molecule has 0 amide bonds. The van der Waals surface area contributed by atoms with Crippen LogP contribution in [0.15, 0.2) is 170 Å². The van der Waals surface area contributed by atoms with E-state index in [1.165, 1.54) is 55.6 Å². The Hall–Kier alpha value is -6.62. The minimum absolute atomic E-state index is 0.152. The molecule has 0 spiro atoms. The molecular weight excluding hydrogens is 852 g/mol. The molecule has 5 heteroatoms. The van der Waals surface area contributed by atoms with Crippen molar-refractivity contribution in [1.82, 2.24) is 9.97 Å². The predicted molar refractivity (Wildman–Crippen MR) is 277 cm³/mol. The molecule has 65 heavy (non-hydrogen) atoms. The van der Waals surface area contributed by atoms with E-state index in [1.54, 1.807) is 0 Å². The Bertz CT molecular complexity index is 3590. The van der Waals surface area contributed by atoms with Gasteiger partial charge in [-0.3, -0.25) is 0 Å². The third kappa shape index (κ3) is 5.59. The van der Waals surface area contributed by atoms with Crippen LogP contribution in [0.1, 0.15) is 49.9 Å². The number of halogens is 2. The van der Waals surface area contributed by atoms with Crippen molar-refractivity contribution in [1.29, 1.82) is 0 Å². The van der Waals surface area contributed by atoms with Crippen molar-refractivity contribution in [2.24, 2.45) is 0 Å². The Kier molecular flexibility index (Phi) is 8.32. The van der Waals surface area contributed by atoms with Gasteiger partial charge in [0.1, 0.15) is 11.0 Å². The van der Waals surface area contributed by atoms with Gasteiger partial charge in [-0.1, -0.05) is 184 Å². The summed E-state index contributed by atoms with van der Waals surface area (Å²) in [6.07, 6.45) is 0. The monoisotopic (exact) mass is 890 g/mol. The van der Waals surface area contributed by atoms with Crippen LogP contribution < -0.4 is 0 Å². The third-order valence-electron chi connectivity index (χ3n) is 14.4. The Balaban J connectivity index is 1.19. The van der Waals surface area contributed by atoms with Gasteiger partial charge < -0.3 is 0 Å². The fourth-order valence-corrected chi connectivity index (χ4v) is 12.7. The molecule has 0 bridgehead atoms. The quantitative estimate of drug-likeness (QED) is 0.165. The Morgan fingerprint density at radius 3 is 1.15 bits per heavy atom. The Morgan fingerprint density at radius 2 is 0.723 bits per heavy atom. The van der Waals surface area contributed by atoms with E-state index in [9.17, 15) is 0 Å². The van der Waals surface area contributed by atoms with Gasteiger partial charge in [0.15, 0.2) is 0 Å². The summed E-state index contributed by atoms with van der Waals surface area (Å²) in [5, 5.41) is 5.82. The largest absolute Gasteiger partial charge is 0.242 e. The normalized spacial score (nSPS) is 14.2. The van der Waals surface area contributed by atoms with Gasteiger partial charge in [-0.15, -0.1) is 11.3 Å². The molecule has 0 aliphatic heterocycles. The van der Waals surface area contributed by atoms with E-state index < -0.39 is 0 Å². The van der Waals surface area contributed by atoms with Crippen LogP contribution >= 0.6 is 34.5 Å². The number of nitrogens with zero attached hydrogens (tertiary/aromatic N) is 2. The molecule has 9 aromatic carbocycles. The Morgan fingerprint density at radius 1 is 0.354 bits per heavy atom. The van der Waals surface area contributed by atoms with Gasteiger partial charge in [-0.25, -0.2) is 9.97 Å². The van der Waals surface area contributed by atoms with Crippen molar-refractivity contribution in [2.45, 2.75) is 38.5 Å². The van der Waals surface area contributed by atoms with Crippen LogP contribution in [0.25, 0.3) is 109 Å². The molecule has 2 nitrogen and oxygen atoms in total. The summed E-state index contributed by atoms with van der Waals surface area (Å²) in [7, 11) is 0. The van der Waals surface area contributed by atoms with Crippen molar-refractivity contribution in [2.75, 3.05) is 0 Å². The van der Waals surface area contributed by atoms with Crippen LogP contribution in [0.2, 0.25) is 10.0 Å². The highest BCUT2D eigenvalue weighted by Gasteiger charge is 2.39. The van der Waals surface area contributed by atoms with E-state index >= 15 is 0 Å². The molecule has 0 N–H and O–H groups in total. The van der Waals surface area contributed by atoms with E-state index in [2.05, 4.69) is 173 Å². The minimum Gasteiger partial charge on any atom is -0.242 e. The smallest absolute Gasteiger partial charge is 0.109 e. The van der Waals surface area contributed by atoms with Crippen molar-refractivity contribution in [3.8, 4) is 65.4 Å². The van der Waals surface area contributed by atoms with E-state index in [1.807, 2.05) is 35.6 Å². The number of benzene rings is 9. The number of aromatic nitrogens is 2. The lowest BCUT2D eigenvalue weighted by Gasteiger charge is -2.21. The molecule has 2 aliphatic rings. The fourth-order valence-electron chi connectivity index (χ4n) is 11.2. The number of hydrogen-bond donors (Lipinski definition) is 0. The lowest BCUT2D eigenvalue weighted by atomic mass is 9.82. The highest BCUT2D eigenvalue weighted by atomic mass is 35.5. The molecule has 13 rings (SSSR count). The summed E-state index contributed by atoms with van der Waals surface area (Å²) in [6.45, 7) is 9.42. The molecule has 2 aromatic heterocycles. The number of fused-ring (bicyclic) bond motifs is 13. The fraction of sp³-hybridized carbons (Fsp3) is 0.100. The molecule has 0 fully saturated rings. The maximum absolute atomic E-state index is 6.39. The third-order valence-corrected chi connectivity index (χ3v) is 16.2. The average Bonchev–Trinajstić information content (AvgIpc) is 3.91. The van der Waals surface area contributed by atoms with Crippen LogP contribution in [0.5, 0.6) is 0 Å². The zero-order valence-corrected chi connectivity index (χ0v) is 38.6. The van der Waals surface area contributed by atoms with E-state index in [0.29, 0.717) is 10.0 Å². The first-order valence-electron chi connectivity index (χ1n) is 22.2. The van der Waals surface area contributed by atoms with Crippen molar-refractivity contribution >= 4 is 78.2 Å². The first kappa shape index (κ1) is 38.8. The van der Waals surface area contributed by atoms with Crippen molar-refractivity contribution in [3.05, 3.63) is 202 Å². The summed E-state index contributed by atoms with van der Waals surface area (Å²) < 4.78 is 0. The van der Waals surface area contributed by atoms with Gasteiger partial charge in [0.2, 0.25) is 0 Å². The molecule has 0 saturated heterocycles. The topological polar surface area (TPSA) is 25.8 Å². The lowest BCUT2D eigenvalue weighted by molar-refractivity contribution is 0.660. The van der Waals surface area contributed by atoms with Gasteiger partial charge in [0.25, 0.3) is 0 Å². The van der Waals surface area contributed by atoms with Gasteiger partial charge in [0.05, 0.1) is 20.8 Å². The van der Waals surface area contributed by atoms with Crippen LogP contribution in [0.3, 0.4) is 0 Å². The summed E-state index contributed by atoms with van der Waals surface area (Å²) in [4.78, 5) is 14.1. The molecular formula is C60H40Cl2N2S. The van der Waals surface area contributed by atoms with E-state index in [4.69, 9.17) is 33.2 Å². The van der Waals surface area contributed by atoms with E-state index in [-0.39, 0.29) is 10.8 Å². The van der Waals surface area contributed by atoms with Crippen LogP contribution in [-0.2, 0) is 10.8 Å². The molecule has 2 heterocycles. The molecule has 11 aromatic rings. The van der Waals surface area contributed by atoms with Gasteiger partial charge in [0, 0.05) is 42.8 Å². The predicted octanol–water partition coefficient (Wildman–Crippen LogP) is 17.7. The molecule has 0 unspecified atom stereocenters. The second-order valence-electron chi connectivity index (χ2n) is 18.7. The summed E-state index contributed by atoms with van der Waals surface area (Å²) >= 11 is 14.6. The highest BCUT2D eigenvalue weighted by molar-refractivity contribution is 7.21. The van der Waals surface area contributed by atoms with Crippen molar-refractivity contribution < 1.29 is 0 Å². The lowest BCUT2D eigenvalue weighted by Crippen LogP contribution is -2.14. The standard InChI is InChI=1S/C60H40Cl2N2S/c1-59(2)47-15-7-5-11-41(47)51-43(13-9-17-49(51)59)57-55-56(58(65-57)44-14-10-18-50-52(44)42-12-6-8-16-48(42)60(50,3)4)64-54-46-32-36(34-21-27-38(62)28-22-34)24-30-40(46)39-29-23-35(31-45(39)53(54)63-55)33-19-25-37(61)26-20-33/h5-32H,1-4H3. The molecule has 0 saturated carbocycles. The summed E-state index contributed by atoms with van der Waals surface area (Å²) in [5.41, 5.74) is 20.6. The zero-order chi connectivity index (χ0) is 43.9. The molecule has 2 aliphatic carbocycles. The molecule has 0 atom stereocenters. The zero-order valence-electron chi connectivity index (χ0n) is 36.2. The van der Waals surface area contributed by atoms with E-state index in [0.717, 1.165) is 75.6 Å². The average molecular weight is 892 g/mol. The summed E-state index contributed by atoms with van der Waals surface area (Å²) in [5.74, 6) is 0. The Labute approximate surface area is 391 Å². The molecule has 0 radical (unpaired) electrons. The molecule has 310 valence electrons. The number of hydrogen-bond acceptors (Lipinski definition) is 3. The number of rotatable bonds is 4. The van der Waals surface area contributed by atoms with Crippen LogP contribution in [0.4, 0.5) is 0 Å². The first-order valence-corrected chi connectivity index (χ1v) is 23.8. The van der Waals surface area contributed by atoms with Crippen LogP contribution in [-0.4, -0.2) is 9.97 Å². The van der Waals surface area contributed by atoms with Gasteiger partial charge in [-0.2, -0.15) is 0 Å². The second kappa shape index (κ2) is 13.9. The highest BCUT2D eigenvalue weighted by Crippen LogP contribution is 2.58. The second-order valence-corrected chi connectivity index (χ2v) is 20.6. The van der Waals surface area contributed by atoms with Crippen molar-refractivity contribution in [3.63, 3.8) is 0 Å². The minimum atomic E-state index is -0.152. The summed E-state index contributed by atoms with van der Waals surface area (Å²) in [6, 6.07) is 61.3. The SMILES string of the molecule is CC1(C)c2ccccc2-c2c(-c3sc(-c4cccc5c4-c4ccccc4C5(C)C)c4nc5c6cc(-c7ccc(Cl)cc7)ccc6c6ccc(-c7ccc(Cl)cc7)cc6c5nc34)cccc21. The van der Waals surface area contributed by atoms with Gasteiger partial charge in [-0.05, 0) is 114 Å².